The first-order valence-electron chi connectivity index (χ1n) is 14.1. The van der Waals surface area contributed by atoms with Crippen LogP contribution in [0.4, 0.5) is 0 Å². The summed E-state index contributed by atoms with van der Waals surface area (Å²) in [5.41, 5.74) is 0. The van der Waals surface area contributed by atoms with Gasteiger partial charge in [0, 0.05) is 0 Å². The SMILES string of the molecule is OCC1OC(OCC2OC(OC3C(O)C(O)OC(CO)C3O)C(O)C(OC3OC(CO)C(O)C(O)C3O)C2O)C(O)C(O)C1O. The standard InChI is InChI=1S/C24H42O21/c25-1-5-9(28)13(32)15(34)22(41-5)39-4-8-12(31)20(45-23-16(35)14(33)10(29)6(2-26)42-23)18(37)24(43-8)44-19-11(30)7(3-27)40-21(38)17(19)36/h5-38H,1-4H2. The van der Waals surface area contributed by atoms with Gasteiger partial charge in [0.25, 0.3) is 0 Å². The van der Waals surface area contributed by atoms with E-state index in [1.807, 2.05) is 0 Å². The van der Waals surface area contributed by atoms with E-state index in [4.69, 9.17) is 33.2 Å². The molecule has 45 heavy (non-hydrogen) atoms. The monoisotopic (exact) mass is 666 g/mol. The zero-order valence-electron chi connectivity index (χ0n) is 23.5. The highest BCUT2D eigenvalue weighted by Crippen LogP contribution is 2.33. The van der Waals surface area contributed by atoms with E-state index in [2.05, 4.69) is 0 Å². The predicted molar refractivity (Wildman–Crippen MR) is 134 cm³/mol. The van der Waals surface area contributed by atoms with Crippen molar-refractivity contribution in [3.05, 3.63) is 0 Å². The zero-order chi connectivity index (χ0) is 33.3. The number of aliphatic hydroxyl groups excluding tert-OH is 14. The highest BCUT2D eigenvalue weighted by molar-refractivity contribution is 4.97. The molecule has 0 spiro atoms. The number of hydrogen-bond acceptors (Lipinski definition) is 21. The maximum Gasteiger partial charge on any atom is 0.187 e. The third-order valence-corrected chi connectivity index (χ3v) is 8.19. The van der Waals surface area contributed by atoms with Crippen molar-refractivity contribution in [3.8, 4) is 0 Å². The molecule has 4 heterocycles. The Morgan fingerprint density at radius 2 is 0.778 bits per heavy atom. The van der Waals surface area contributed by atoms with Crippen LogP contribution in [0.5, 0.6) is 0 Å². The molecule has 21 heteroatoms. The predicted octanol–water partition coefficient (Wildman–Crippen LogP) is -9.75. The molecule has 20 unspecified atom stereocenters. The summed E-state index contributed by atoms with van der Waals surface area (Å²) >= 11 is 0. The Morgan fingerprint density at radius 3 is 1.31 bits per heavy atom. The fourth-order valence-corrected chi connectivity index (χ4v) is 5.43. The van der Waals surface area contributed by atoms with E-state index in [9.17, 15) is 71.5 Å². The molecule has 0 saturated carbocycles. The van der Waals surface area contributed by atoms with Gasteiger partial charge in [0.2, 0.25) is 0 Å². The molecular formula is C24H42O21. The van der Waals surface area contributed by atoms with Crippen LogP contribution in [0.1, 0.15) is 0 Å². The van der Waals surface area contributed by atoms with Crippen LogP contribution in [0.25, 0.3) is 0 Å². The minimum Gasteiger partial charge on any atom is -0.394 e. The first-order chi connectivity index (χ1) is 21.2. The lowest BCUT2D eigenvalue weighted by atomic mass is 9.96. The van der Waals surface area contributed by atoms with Crippen LogP contribution < -0.4 is 0 Å². The van der Waals surface area contributed by atoms with Crippen LogP contribution in [0.15, 0.2) is 0 Å². The van der Waals surface area contributed by atoms with Gasteiger partial charge in [0.1, 0.15) is 97.7 Å². The number of aliphatic hydroxyl groups is 14. The minimum absolute atomic E-state index is 0.758. The van der Waals surface area contributed by atoms with Crippen LogP contribution in [0.3, 0.4) is 0 Å². The van der Waals surface area contributed by atoms with Gasteiger partial charge < -0.3 is 105 Å². The Balaban J connectivity index is 1.56. The summed E-state index contributed by atoms with van der Waals surface area (Å²) < 4.78 is 37.6. The molecular weight excluding hydrogens is 624 g/mol. The van der Waals surface area contributed by atoms with Gasteiger partial charge in [0.05, 0.1) is 26.4 Å². The molecule has 4 saturated heterocycles. The molecule has 264 valence electrons. The van der Waals surface area contributed by atoms with Crippen molar-refractivity contribution in [2.45, 2.75) is 123 Å². The smallest absolute Gasteiger partial charge is 0.187 e. The summed E-state index contributed by atoms with van der Waals surface area (Å²) in [5.74, 6) is 0. The molecule has 0 aromatic rings. The third-order valence-electron chi connectivity index (χ3n) is 8.19. The molecule has 0 aromatic heterocycles. The van der Waals surface area contributed by atoms with Gasteiger partial charge in [-0.25, -0.2) is 0 Å². The van der Waals surface area contributed by atoms with Gasteiger partial charge in [-0.05, 0) is 0 Å². The van der Waals surface area contributed by atoms with Crippen molar-refractivity contribution in [1.82, 2.24) is 0 Å². The molecule has 20 atom stereocenters. The quantitative estimate of drug-likeness (QED) is 0.103. The molecule has 0 radical (unpaired) electrons. The fourth-order valence-electron chi connectivity index (χ4n) is 5.43. The topological polar surface area (TPSA) is 348 Å². The summed E-state index contributed by atoms with van der Waals surface area (Å²) in [6.07, 6.45) is -35.9. The van der Waals surface area contributed by atoms with Gasteiger partial charge in [-0.15, -0.1) is 0 Å². The molecule has 4 aliphatic heterocycles. The third kappa shape index (κ3) is 7.59. The van der Waals surface area contributed by atoms with Crippen LogP contribution in [0.2, 0.25) is 0 Å². The van der Waals surface area contributed by atoms with Gasteiger partial charge >= 0.3 is 0 Å². The number of ether oxygens (including phenoxy) is 7. The lowest BCUT2D eigenvalue weighted by molar-refractivity contribution is -0.383. The molecule has 4 aliphatic rings. The molecule has 4 fully saturated rings. The Bertz CT molecular complexity index is 914. The normalized spacial score (nSPS) is 52.9. The summed E-state index contributed by atoms with van der Waals surface area (Å²) in [4.78, 5) is 0. The van der Waals surface area contributed by atoms with E-state index < -0.39 is 149 Å². The van der Waals surface area contributed by atoms with E-state index in [1.165, 1.54) is 0 Å². The Hall–Kier alpha value is -0.840. The molecule has 0 aromatic carbocycles. The fraction of sp³-hybridized carbons (Fsp3) is 1.00. The summed E-state index contributed by atoms with van der Waals surface area (Å²) in [6.45, 7) is -3.19. The summed E-state index contributed by atoms with van der Waals surface area (Å²) in [5, 5.41) is 143. The maximum atomic E-state index is 11.1. The average molecular weight is 667 g/mol. The first-order valence-corrected chi connectivity index (χ1v) is 14.1. The highest BCUT2D eigenvalue weighted by atomic mass is 16.8. The van der Waals surface area contributed by atoms with Crippen LogP contribution in [-0.2, 0) is 33.2 Å². The van der Waals surface area contributed by atoms with Gasteiger partial charge in [-0.2, -0.15) is 0 Å². The highest BCUT2D eigenvalue weighted by Gasteiger charge is 2.54. The second-order valence-corrected chi connectivity index (χ2v) is 11.2. The van der Waals surface area contributed by atoms with Gasteiger partial charge in [-0.1, -0.05) is 0 Å². The zero-order valence-corrected chi connectivity index (χ0v) is 23.5. The van der Waals surface area contributed by atoms with E-state index >= 15 is 0 Å². The first kappa shape index (κ1) is 37.0. The van der Waals surface area contributed by atoms with E-state index in [0.717, 1.165) is 0 Å². The van der Waals surface area contributed by atoms with Crippen molar-refractivity contribution < 1.29 is 105 Å². The molecule has 0 amide bonds. The van der Waals surface area contributed by atoms with E-state index in [0.29, 0.717) is 0 Å². The van der Waals surface area contributed by atoms with Crippen molar-refractivity contribution >= 4 is 0 Å². The molecule has 14 N–H and O–H groups in total. The lowest BCUT2D eigenvalue weighted by Crippen LogP contribution is -2.67. The summed E-state index contributed by atoms with van der Waals surface area (Å²) in [7, 11) is 0. The molecule has 0 aliphatic carbocycles. The Kier molecular flexibility index (Phi) is 12.8. The number of rotatable bonds is 10. The van der Waals surface area contributed by atoms with Crippen LogP contribution in [0, 0.1) is 0 Å². The number of hydrogen-bond donors (Lipinski definition) is 14. The second kappa shape index (κ2) is 15.6. The van der Waals surface area contributed by atoms with Gasteiger partial charge in [-0.3, -0.25) is 0 Å². The molecule has 21 nitrogen and oxygen atoms in total. The van der Waals surface area contributed by atoms with E-state index in [-0.39, 0.29) is 0 Å². The van der Waals surface area contributed by atoms with Crippen molar-refractivity contribution in [2.75, 3.05) is 26.4 Å². The average Bonchev–Trinajstić information content (AvgIpc) is 3.02. The minimum atomic E-state index is -2.07. The Morgan fingerprint density at radius 1 is 0.378 bits per heavy atom. The maximum absolute atomic E-state index is 11.1. The van der Waals surface area contributed by atoms with E-state index in [1.54, 1.807) is 0 Å². The Labute approximate surface area is 254 Å². The largest absolute Gasteiger partial charge is 0.394 e. The molecule has 4 rings (SSSR count). The molecule has 0 bridgehead atoms. The van der Waals surface area contributed by atoms with Crippen LogP contribution >= 0.6 is 0 Å². The van der Waals surface area contributed by atoms with Gasteiger partial charge in [0.15, 0.2) is 25.2 Å². The van der Waals surface area contributed by atoms with Crippen molar-refractivity contribution in [3.63, 3.8) is 0 Å². The lowest BCUT2D eigenvalue weighted by Gasteiger charge is -2.48. The second-order valence-electron chi connectivity index (χ2n) is 11.2. The van der Waals surface area contributed by atoms with Crippen molar-refractivity contribution in [1.29, 1.82) is 0 Å². The summed E-state index contributed by atoms with van der Waals surface area (Å²) in [6, 6.07) is 0. The van der Waals surface area contributed by atoms with Crippen LogP contribution in [-0.4, -0.2) is 221 Å². The van der Waals surface area contributed by atoms with Crippen molar-refractivity contribution in [2.24, 2.45) is 0 Å².